The number of halogens is 1. The van der Waals surface area contributed by atoms with E-state index < -0.39 is 5.97 Å². The molecular weight excluding hydrogens is 365 g/mol. The Morgan fingerprint density at radius 2 is 2.15 bits per heavy atom. The van der Waals surface area contributed by atoms with Gasteiger partial charge in [-0.1, -0.05) is 11.6 Å². The number of carbonyl (C=O) groups excluding carboxylic acids is 1. The first-order valence-corrected chi connectivity index (χ1v) is 8.46. The summed E-state index contributed by atoms with van der Waals surface area (Å²) in [4.78, 5) is 15.5. The first-order valence-electron chi connectivity index (χ1n) is 8.09. The third kappa shape index (κ3) is 3.74. The molecule has 0 N–H and O–H groups in total. The zero-order valence-electron chi connectivity index (χ0n) is 14.3. The maximum Gasteiger partial charge on any atom is 1.00 e. The van der Waals surface area contributed by atoms with Gasteiger partial charge in [-0.3, -0.25) is 0 Å². The van der Waals surface area contributed by atoms with Crippen LogP contribution in [0.4, 0.5) is 0 Å². The Morgan fingerprint density at radius 1 is 1.35 bits per heavy atom. The van der Waals surface area contributed by atoms with E-state index in [1.807, 2.05) is 12.1 Å². The Labute approximate surface area is 177 Å². The second kappa shape index (κ2) is 7.96. The Kier molecular flexibility index (Phi) is 5.87. The van der Waals surface area contributed by atoms with Gasteiger partial charge in [-0.25, -0.2) is 9.67 Å². The Bertz CT molecular complexity index is 956. The summed E-state index contributed by atoms with van der Waals surface area (Å²) in [7, 11) is 0. The zero-order valence-corrected chi connectivity index (χ0v) is 17.1. The quantitative estimate of drug-likeness (QED) is 0.555. The average molecular weight is 380 g/mol. The van der Waals surface area contributed by atoms with Crippen molar-refractivity contribution >= 4 is 28.6 Å². The van der Waals surface area contributed by atoms with Crippen LogP contribution in [0.25, 0.3) is 11.0 Å². The molecule has 8 heteroatoms. The van der Waals surface area contributed by atoms with Crippen LogP contribution >= 0.6 is 11.6 Å². The van der Waals surface area contributed by atoms with Crippen LogP contribution in [0.1, 0.15) is 35.2 Å². The smallest absolute Gasteiger partial charge is 0.545 e. The van der Waals surface area contributed by atoms with Gasteiger partial charge in [0.1, 0.15) is 5.75 Å². The summed E-state index contributed by atoms with van der Waals surface area (Å²) in [6.07, 6.45) is 6.48. The van der Waals surface area contributed by atoms with Crippen LogP contribution in [0.2, 0.25) is 5.02 Å². The number of hydrogen-bond acceptors (Lipinski definition) is 5. The third-order valence-electron chi connectivity index (χ3n) is 4.45. The van der Waals surface area contributed by atoms with Gasteiger partial charge in [0.05, 0.1) is 24.8 Å². The van der Waals surface area contributed by atoms with Crippen molar-refractivity contribution in [2.45, 2.75) is 31.9 Å². The molecule has 0 aliphatic heterocycles. The molecule has 2 aromatic heterocycles. The number of rotatable bonds is 5. The van der Waals surface area contributed by atoms with Crippen molar-refractivity contribution in [3.05, 3.63) is 52.8 Å². The van der Waals surface area contributed by atoms with Crippen molar-refractivity contribution in [1.82, 2.24) is 14.8 Å². The molecule has 1 aliphatic carbocycles. The maximum absolute atomic E-state index is 11.2. The number of aromatic nitrogens is 3. The largest absolute Gasteiger partial charge is 1.00 e. The summed E-state index contributed by atoms with van der Waals surface area (Å²) in [6.45, 7) is 0.385. The summed E-state index contributed by atoms with van der Waals surface area (Å²) in [6, 6.07) is 6.91. The van der Waals surface area contributed by atoms with Gasteiger partial charge < -0.3 is 14.6 Å². The average Bonchev–Trinajstić information content (AvgIpc) is 2.95. The molecule has 2 heterocycles. The molecule has 1 saturated carbocycles. The molecule has 4 rings (SSSR count). The van der Waals surface area contributed by atoms with Crippen molar-refractivity contribution in [3.8, 4) is 5.75 Å². The van der Waals surface area contributed by atoms with E-state index in [0.717, 1.165) is 24.2 Å². The van der Waals surface area contributed by atoms with E-state index in [2.05, 4.69) is 10.1 Å². The van der Waals surface area contributed by atoms with Gasteiger partial charge in [-0.05, 0) is 43.5 Å². The van der Waals surface area contributed by atoms with Gasteiger partial charge in [0, 0.05) is 27.7 Å². The standard InChI is InChI=1S/C18H16ClN3O3.Na/c19-12-4-5-16(25-13-2-1-3-13)11(8-12)10-22-17-15(9-21-22)14(18(23)24)6-7-20-17;/h4-9,13H,1-3,10H2,(H,23,24);/q;+1/p-1. The first kappa shape index (κ1) is 19.2. The first-order chi connectivity index (χ1) is 12.1. The molecule has 1 aliphatic rings. The van der Waals surface area contributed by atoms with Gasteiger partial charge in [-0.2, -0.15) is 5.10 Å². The molecule has 1 aromatic carbocycles. The summed E-state index contributed by atoms with van der Waals surface area (Å²) in [5, 5.41) is 16.6. The summed E-state index contributed by atoms with van der Waals surface area (Å²) < 4.78 is 7.67. The van der Waals surface area contributed by atoms with E-state index >= 15 is 0 Å². The second-order valence-electron chi connectivity index (χ2n) is 6.11. The third-order valence-corrected chi connectivity index (χ3v) is 4.68. The van der Waals surface area contributed by atoms with E-state index in [-0.39, 0.29) is 41.2 Å². The molecule has 3 aromatic rings. The summed E-state index contributed by atoms with van der Waals surface area (Å²) in [5.74, 6) is -0.475. The van der Waals surface area contributed by atoms with Crippen LogP contribution in [-0.2, 0) is 6.54 Å². The molecule has 26 heavy (non-hydrogen) atoms. The summed E-state index contributed by atoms with van der Waals surface area (Å²) in [5.41, 5.74) is 1.44. The van der Waals surface area contributed by atoms with Crippen LogP contribution in [0.5, 0.6) is 5.75 Å². The number of pyridine rings is 1. The van der Waals surface area contributed by atoms with Gasteiger partial charge in [0.15, 0.2) is 5.65 Å². The Morgan fingerprint density at radius 3 is 2.85 bits per heavy atom. The predicted octanol–water partition coefficient (Wildman–Crippen LogP) is -0.568. The van der Waals surface area contributed by atoms with Gasteiger partial charge in [-0.15, -0.1) is 0 Å². The number of ether oxygens (including phenoxy) is 1. The van der Waals surface area contributed by atoms with E-state index in [1.54, 1.807) is 10.7 Å². The molecule has 1 fully saturated rings. The molecule has 128 valence electrons. The van der Waals surface area contributed by atoms with Crippen LogP contribution in [0, 0.1) is 0 Å². The molecular formula is C18H15ClN3NaO3. The van der Waals surface area contributed by atoms with Crippen molar-refractivity contribution in [1.29, 1.82) is 0 Å². The second-order valence-corrected chi connectivity index (χ2v) is 6.54. The van der Waals surface area contributed by atoms with Crippen molar-refractivity contribution in [2.24, 2.45) is 0 Å². The van der Waals surface area contributed by atoms with E-state index in [1.165, 1.54) is 24.9 Å². The monoisotopic (exact) mass is 379 g/mol. The van der Waals surface area contributed by atoms with Crippen molar-refractivity contribution in [2.75, 3.05) is 0 Å². The molecule has 0 saturated heterocycles. The van der Waals surface area contributed by atoms with Crippen molar-refractivity contribution < 1.29 is 44.2 Å². The molecule has 0 bridgehead atoms. The molecule has 0 radical (unpaired) electrons. The van der Waals surface area contributed by atoms with Gasteiger partial charge in [0.2, 0.25) is 0 Å². The predicted molar refractivity (Wildman–Crippen MR) is 90.7 cm³/mol. The van der Waals surface area contributed by atoms with Crippen molar-refractivity contribution in [3.63, 3.8) is 0 Å². The minimum atomic E-state index is -1.25. The number of fused-ring (bicyclic) bond motifs is 1. The molecule has 0 amide bonds. The molecule has 6 nitrogen and oxygen atoms in total. The molecule has 0 atom stereocenters. The number of carboxylic acid groups (broad SMARTS) is 1. The molecule has 0 unspecified atom stereocenters. The SMILES string of the molecule is O=C([O-])c1ccnc2c1cnn2Cc1cc(Cl)ccc1OC1CCC1.[Na+]. The minimum Gasteiger partial charge on any atom is -0.545 e. The molecule has 0 spiro atoms. The number of carboxylic acids is 1. The minimum absolute atomic E-state index is 0. The number of nitrogens with zero attached hydrogens (tertiary/aromatic N) is 3. The Hall–Kier alpha value is -1.60. The normalized spacial score (nSPS) is 13.9. The summed E-state index contributed by atoms with van der Waals surface area (Å²) >= 11 is 6.14. The van der Waals surface area contributed by atoms with Gasteiger partial charge >= 0.3 is 29.6 Å². The number of carbonyl (C=O) groups is 1. The fourth-order valence-corrected chi connectivity index (χ4v) is 3.08. The maximum atomic E-state index is 11.2. The Balaban J connectivity index is 0.00000196. The van der Waals surface area contributed by atoms with Crippen LogP contribution in [0.3, 0.4) is 0 Å². The number of hydrogen-bond donors (Lipinski definition) is 0. The van der Waals surface area contributed by atoms with Gasteiger partial charge in [0.25, 0.3) is 0 Å². The van der Waals surface area contributed by atoms with Crippen LogP contribution in [0.15, 0.2) is 36.7 Å². The van der Waals surface area contributed by atoms with E-state index in [0.29, 0.717) is 22.6 Å². The number of benzene rings is 1. The fraction of sp³-hybridized carbons (Fsp3) is 0.278. The topological polar surface area (TPSA) is 80.1 Å². The zero-order chi connectivity index (χ0) is 17.4. The van der Waals surface area contributed by atoms with E-state index in [4.69, 9.17) is 16.3 Å². The van der Waals surface area contributed by atoms with E-state index in [9.17, 15) is 9.90 Å². The number of aromatic carboxylic acids is 1. The van der Waals surface area contributed by atoms with Crippen LogP contribution < -0.4 is 39.4 Å². The fourth-order valence-electron chi connectivity index (χ4n) is 2.89. The van der Waals surface area contributed by atoms with Crippen LogP contribution in [-0.4, -0.2) is 26.8 Å².